The minimum Gasteiger partial charge on any atom is -0.342 e. The normalized spacial score (nSPS) is 13.3. The summed E-state index contributed by atoms with van der Waals surface area (Å²) in [7, 11) is 0. The van der Waals surface area contributed by atoms with Crippen LogP contribution in [0.3, 0.4) is 0 Å². The van der Waals surface area contributed by atoms with Crippen molar-refractivity contribution in [1.82, 2.24) is 9.97 Å². The van der Waals surface area contributed by atoms with Gasteiger partial charge >= 0.3 is 0 Å². The Morgan fingerprint density at radius 1 is 1.40 bits per heavy atom. The highest BCUT2D eigenvalue weighted by atomic mass is 14.9. The lowest BCUT2D eigenvalue weighted by Gasteiger charge is -2.03. The molecular formula is C13H18N2. The van der Waals surface area contributed by atoms with Gasteiger partial charge in [-0.25, -0.2) is 4.98 Å². The zero-order chi connectivity index (χ0) is 10.8. The Hall–Kier alpha value is -1.31. The molecule has 80 valence electrons. The van der Waals surface area contributed by atoms with Gasteiger partial charge in [-0.05, 0) is 30.5 Å². The number of hydrogen-bond acceptors (Lipinski definition) is 1. The first-order valence-electron chi connectivity index (χ1n) is 5.64. The van der Waals surface area contributed by atoms with Crippen LogP contribution in [0.1, 0.15) is 31.7 Å². The van der Waals surface area contributed by atoms with E-state index in [1.54, 1.807) is 0 Å². The highest BCUT2D eigenvalue weighted by molar-refractivity contribution is 5.75. The van der Waals surface area contributed by atoms with Gasteiger partial charge in [0.25, 0.3) is 0 Å². The van der Waals surface area contributed by atoms with Crippen LogP contribution in [0.5, 0.6) is 0 Å². The van der Waals surface area contributed by atoms with Crippen LogP contribution in [0.2, 0.25) is 0 Å². The third kappa shape index (κ3) is 2.20. The van der Waals surface area contributed by atoms with Crippen molar-refractivity contribution in [3.63, 3.8) is 0 Å². The van der Waals surface area contributed by atoms with Crippen LogP contribution in [0.4, 0.5) is 0 Å². The largest absolute Gasteiger partial charge is 0.342 e. The summed E-state index contributed by atoms with van der Waals surface area (Å²) >= 11 is 0. The van der Waals surface area contributed by atoms with Gasteiger partial charge in [0, 0.05) is 6.42 Å². The predicted octanol–water partition coefficient (Wildman–Crippen LogP) is 3.46. The molecule has 0 fully saturated rings. The predicted molar refractivity (Wildman–Crippen MR) is 64.0 cm³/mol. The third-order valence-electron chi connectivity index (χ3n) is 2.93. The maximum Gasteiger partial charge on any atom is 0.107 e. The van der Waals surface area contributed by atoms with Crippen LogP contribution in [-0.2, 0) is 6.42 Å². The SMILES string of the molecule is CCC(C)Cc1nc2ccc(C)cc2[nH]1. The number of aryl methyl sites for hydroxylation is 1. The molecule has 0 spiro atoms. The first-order chi connectivity index (χ1) is 7.19. The molecule has 0 bridgehead atoms. The molecule has 0 saturated heterocycles. The Morgan fingerprint density at radius 2 is 2.20 bits per heavy atom. The molecule has 15 heavy (non-hydrogen) atoms. The molecule has 1 heterocycles. The first kappa shape index (κ1) is 10.2. The van der Waals surface area contributed by atoms with Crippen molar-refractivity contribution in [1.29, 1.82) is 0 Å². The van der Waals surface area contributed by atoms with Crippen LogP contribution in [0, 0.1) is 12.8 Å². The summed E-state index contributed by atoms with van der Waals surface area (Å²) in [5.74, 6) is 1.82. The fourth-order valence-electron chi connectivity index (χ4n) is 1.75. The van der Waals surface area contributed by atoms with E-state index in [4.69, 9.17) is 0 Å². The number of nitrogens with one attached hydrogen (secondary N) is 1. The van der Waals surface area contributed by atoms with E-state index in [2.05, 4.69) is 48.9 Å². The standard InChI is InChI=1S/C13H18N2/c1-4-9(2)8-13-14-11-6-5-10(3)7-12(11)15-13/h5-7,9H,4,8H2,1-3H3,(H,14,15). The number of hydrogen-bond donors (Lipinski definition) is 1. The van der Waals surface area contributed by atoms with E-state index in [0.717, 1.165) is 23.3 Å². The maximum atomic E-state index is 4.59. The van der Waals surface area contributed by atoms with E-state index < -0.39 is 0 Å². The van der Waals surface area contributed by atoms with Gasteiger partial charge in [-0.15, -0.1) is 0 Å². The van der Waals surface area contributed by atoms with Gasteiger partial charge in [-0.1, -0.05) is 26.3 Å². The van der Waals surface area contributed by atoms with Crippen molar-refractivity contribution in [2.24, 2.45) is 5.92 Å². The van der Waals surface area contributed by atoms with Crippen molar-refractivity contribution in [2.75, 3.05) is 0 Å². The van der Waals surface area contributed by atoms with Crippen LogP contribution in [-0.4, -0.2) is 9.97 Å². The minimum absolute atomic E-state index is 0.701. The van der Waals surface area contributed by atoms with Gasteiger partial charge in [0.2, 0.25) is 0 Å². The highest BCUT2D eigenvalue weighted by Gasteiger charge is 2.06. The van der Waals surface area contributed by atoms with Gasteiger partial charge in [0.15, 0.2) is 0 Å². The second kappa shape index (κ2) is 4.05. The molecule has 0 radical (unpaired) electrons. The average molecular weight is 202 g/mol. The molecule has 2 nitrogen and oxygen atoms in total. The van der Waals surface area contributed by atoms with Gasteiger partial charge in [0.05, 0.1) is 11.0 Å². The Balaban J connectivity index is 2.30. The van der Waals surface area contributed by atoms with E-state index in [1.165, 1.54) is 12.0 Å². The molecule has 0 amide bonds. The number of imidazole rings is 1. The third-order valence-corrected chi connectivity index (χ3v) is 2.93. The quantitative estimate of drug-likeness (QED) is 0.811. The Kier molecular flexibility index (Phi) is 2.76. The minimum atomic E-state index is 0.701. The molecule has 0 saturated carbocycles. The lowest BCUT2D eigenvalue weighted by Crippen LogP contribution is -1.99. The Morgan fingerprint density at radius 3 is 2.93 bits per heavy atom. The zero-order valence-corrected chi connectivity index (χ0v) is 9.67. The van der Waals surface area contributed by atoms with E-state index >= 15 is 0 Å². The molecule has 1 aromatic heterocycles. The maximum absolute atomic E-state index is 4.59. The highest BCUT2D eigenvalue weighted by Crippen LogP contribution is 2.16. The lowest BCUT2D eigenvalue weighted by molar-refractivity contribution is 0.547. The Bertz CT molecular complexity index is 457. The van der Waals surface area contributed by atoms with Crippen LogP contribution in [0.15, 0.2) is 18.2 Å². The molecule has 2 heteroatoms. The number of benzene rings is 1. The van der Waals surface area contributed by atoms with Gasteiger partial charge in [-0.2, -0.15) is 0 Å². The summed E-state index contributed by atoms with van der Waals surface area (Å²) in [4.78, 5) is 7.98. The molecule has 1 aromatic carbocycles. The van der Waals surface area contributed by atoms with Crippen molar-refractivity contribution in [2.45, 2.75) is 33.6 Å². The number of aromatic amines is 1. The monoisotopic (exact) mass is 202 g/mol. The lowest BCUT2D eigenvalue weighted by atomic mass is 10.1. The first-order valence-corrected chi connectivity index (χ1v) is 5.64. The average Bonchev–Trinajstić information content (AvgIpc) is 2.59. The van der Waals surface area contributed by atoms with Crippen LogP contribution >= 0.6 is 0 Å². The fourth-order valence-corrected chi connectivity index (χ4v) is 1.75. The second-order valence-electron chi connectivity index (χ2n) is 4.42. The van der Waals surface area contributed by atoms with E-state index in [9.17, 15) is 0 Å². The summed E-state index contributed by atoms with van der Waals surface area (Å²) in [5, 5.41) is 0. The van der Waals surface area contributed by atoms with Gasteiger partial charge < -0.3 is 4.98 Å². The molecule has 2 aromatic rings. The van der Waals surface area contributed by atoms with Crippen molar-refractivity contribution >= 4 is 11.0 Å². The number of nitrogens with zero attached hydrogens (tertiary/aromatic N) is 1. The molecular weight excluding hydrogens is 184 g/mol. The van der Waals surface area contributed by atoms with Gasteiger partial charge in [-0.3, -0.25) is 0 Å². The van der Waals surface area contributed by atoms with E-state index in [-0.39, 0.29) is 0 Å². The number of H-pyrrole nitrogens is 1. The molecule has 0 aliphatic rings. The number of rotatable bonds is 3. The van der Waals surface area contributed by atoms with Gasteiger partial charge in [0.1, 0.15) is 5.82 Å². The molecule has 1 unspecified atom stereocenters. The fraction of sp³-hybridized carbons (Fsp3) is 0.462. The topological polar surface area (TPSA) is 28.7 Å². The molecule has 0 aliphatic carbocycles. The summed E-state index contributed by atoms with van der Waals surface area (Å²) in [6.45, 7) is 6.59. The summed E-state index contributed by atoms with van der Waals surface area (Å²) in [6, 6.07) is 6.35. The van der Waals surface area contributed by atoms with Crippen molar-refractivity contribution in [3.8, 4) is 0 Å². The molecule has 2 rings (SSSR count). The smallest absolute Gasteiger partial charge is 0.107 e. The number of fused-ring (bicyclic) bond motifs is 1. The summed E-state index contributed by atoms with van der Waals surface area (Å²) < 4.78 is 0. The molecule has 1 atom stereocenters. The molecule has 0 aliphatic heterocycles. The van der Waals surface area contributed by atoms with Crippen molar-refractivity contribution < 1.29 is 0 Å². The zero-order valence-electron chi connectivity index (χ0n) is 9.67. The van der Waals surface area contributed by atoms with Crippen LogP contribution < -0.4 is 0 Å². The molecule has 1 N–H and O–H groups in total. The summed E-state index contributed by atoms with van der Waals surface area (Å²) in [5.41, 5.74) is 3.52. The van der Waals surface area contributed by atoms with Crippen molar-refractivity contribution in [3.05, 3.63) is 29.6 Å². The summed E-state index contributed by atoms with van der Waals surface area (Å²) in [6.07, 6.45) is 2.25. The van der Waals surface area contributed by atoms with E-state index in [0.29, 0.717) is 5.92 Å². The van der Waals surface area contributed by atoms with Crippen LogP contribution in [0.25, 0.3) is 11.0 Å². The van der Waals surface area contributed by atoms with E-state index in [1.807, 2.05) is 0 Å². The number of aromatic nitrogens is 2. The Labute approximate surface area is 90.7 Å². The second-order valence-corrected chi connectivity index (χ2v) is 4.42.